The van der Waals surface area contributed by atoms with Gasteiger partial charge >= 0.3 is 0 Å². The molecule has 0 fully saturated rings. The molecule has 2 aromatic rings. The molecule has 0 amide bonds. The van der Waals surface area contributed by atoms with Crippen molar-refractivity contribution in [2.24, 2.45) is 0 Å². The molecule has 0 saturated heterocycles. The Hall–Kier alpha value is -2.24. The average Bonchev–Trinajstić information content (AvgIpc) is 2.45. The van der Waals surface area contributed by atoms with E-state index in [0.29, 0.717) is 17.3 Å². The van der Waals surface area contributed by atoms with E-state index in [1.807, 2.05) is 6.92 Å². The highest BCUT2D eigenvalue weighted by molar-refractivity contribution is 5.64. The molecule has 0 radical (unpaired) electrons. The summed E-state index contributed by atoms with van der Waals surface area (Å²) >= 11 is 0. The van der Waals surface area contributed by atoms with Gasteiger partial charge in [0, 0.05) is 23.9 Å². The molecule has 0 aliphatic carbocycles. The molecule has 0 aliphatic rings. The Balaban J connectivity index is 2.30. The van der Waals surface area contributed by atoms with Gasteiger partial charge in [-0.2, -0.15) is 0 Å². The van der Waals surface area contributed by atoms with E-state index in [0.717, 1.165) is 36.5 Å². The lowest BCUT2D eigenvalue weighted by molar-refractivity contribution is 0.509. The number of halogens is 2. The first-order chi connectivity index (χ1) is 10.0. The van der Waals surface area contributed by atoms with Gasteiger partial charge < -0.3 is 10.6 Å². The van der Waals surface area contributed by atoms with E-state index in [9.17, 15) is 8.78 Å². The maximum absolute atomic E-state index is 13.2. The van der Waals surface area contributed by atoms with Crippen LogP contribution in [0.15, 0.2) is 18.2 Å². The molecular formula is C15H18F2N4. The summed E-state index contributed by atoms with van der Waals surface area (Å²) in [5, 5.41) is 6.23. The first kappa shape index (κ1) is 15.2. The summed E-state index contributed by atoms with van der Waals surface area (Å²) in [6.07, 6.45) is 0.981. The van der Waals surface area contributed by atoms with E-state index in [2.05, 4.69) is 27.5 Å². The number of anilines is 3. The molecule has 4 nitrogen and oxygen atoms in total. The Morgan fingerprint density at radius 1 is 1.05 bits per heavy atom. The van der Waals surface area contributed by atoms with Crippen LogP contribution in [0.2, 0.25) is 0 Å². The van der Waals surface area contributed by atoms with E-state index in [1.165, 1.54) is 6.07 Å². The summed E-state index contributed by atoms with van der Waals surface area (Å²) < 4.78 is 26.2. The zero-order chi connectivity index (χ0) is 15.4. The third-order valence-corrected chi connectivity index (χ3v) is 2.98. The molecular weight excluding hydrogens is 274 g/mol. The van der Waals surface area contributed by atoms with Gasteiger partial charge in [0.05, 0.1) is 0 Å². The van der Waals surface area contributed by atoms with Crippen molar-refractivity contribution < 1.29 is 8.78 Å². The number of rotatable bonds is 5. The molecule has 1 aromatic carbocycles. The molecule has 2 N–H and O–H groups in total. The predicted molar refractivity (Wildman–Crippen MR) is 79.9 cm³/mol. The molecule has 0 aliphatic heterocycles. The van der Waals surface area contributed by atoms with Crippen LogP contribution in [-0.4, -0.2) is 16.5 Å². The van der Waals surface area contributed by atoms with E-state index >= 15 is 0 Å². The monoisotopic (exact) mass is 292 g/mol. The lowest BCUT2D eigenvalue weighted by Gasteiger charge is -2.14. The topological polar surface area (TPSA) is 49.8 Å². The van der Waals surface area contributed by atoms with Crippen molar-refractivity contribution in [1.29, 1.82) is 0 Å². The first-order valence-corrected chi connectivity index (χ1v) is 6.82. The number of aromatic nitrogens is 2. The zero-order valence-electron chi connectivity index (χ0n) is 12.3. The molecule has 112 valence electrons. The lowest BCUT2D eigenvalue weighted by atomic mass is 10.2. The fourth-order valence-corrected chi connectivity index (χ4v) is 1.88. The van der Waals surface area contributed by atoms with Gasteiger partial charge in [-0.25, -0.2) is 18.7 Å². The van der Waals surface area contributed by atoms with E-state index in [-0.39, 0.29) is 0 Å². The Bertz CT molecular complexity index is 644. The molecule has 0 atom stereocenters. The van der Waals surface area contributed by atoms with Gasteiger partial charge in [0.2, 0.25) is 0 Å². The third kappa shape index (κ3) is 3.65. The Labute approximate surface area is 122 Å². The fraction of sp³-hybridized carbons (Fsp3) is 0.333. The molecule has 0 bridgehead atoms. The second-order valence-electron chi connectivity index (χ2n) is 4.77. The summed E-state index contributed by atoms with van der Waals surface area (Å²) in [5.74, 6) is 0.153. The standard InChI is InChI=1S/C15H18F2N4/c1-4-7-18-14-9(2)15(20-10(3)19-14)21-11-5-6-12(16)13(17)8-11/h5-6,8H,4,7H2,1-3H3,(H2,18,19,20,21). The highest BCUT2D eigenvalue weighted by atomic mass is 19.2. The van der Waals surface area contributed by atoms with Gasteiger partial charge in [0.25, 0.3) is 0 Å². The molecule has 0 unspecified atom stereocenters. The van der Waals surface area contributed by atoms with Gasteiger partial charge in [0.1, 0.15) is 17.5 Å². The van der Waals surface area contributed by atoms with Gasteiger partial charge in [-0.05, 0) is 32.4 Å². The largest absolute Gasteiger partial charge is 0.370 e. The van der Waals surface area contributed by atoms with Gasteiger partial charge in [0.15, 0.2) is 11.6 Å². The lowest BCUT2D eigenvalue weighted by Crippen LogP contribution is -2.09. The second kappa shape index (κ2) is 6.47. The summed E-state index contributed by atoms with van der Waals surface area (Å²) in [5.41, 5.74) is 1.27. The minimum absolute atomic E-state index is 0.441. The van der Waals surface area contributed by atoms with Crippen molar-refractivity contribution in [2.45, 2.75) is 27.2 Å². The third-order valence-electron chi connectivity index (χ3n) is 2.98. The molecule has 1 aromatic heterocycles. The van der Waals surface area contributed by atoms with Crippen molar-refractivity contribution in [3.63, 3.8) is 0 Å². The zero-order valence-corrected chi connectivity index (χ0v) is 12.3. The second-order valence-corrected chi connectivity index (χ2v) is 4.77. The van der Waals surface area contributed by atoms with Crippen LogP contribution in [0.4, 0.5) is 26.1 Å². The van der Waals surface area contributed by atoms with Crippen LogP contribution in [-0.2, 0) is 0 Å². The van der Waals surface area contributed by atoms with Crippen LogP contribution in [0.25, 0.3) is 0 Å². The van der Waals surface area contributed by atoms with Crippen molar-refractivity contribution in [3.8, 4) is 0 Å². The highest BCUT2D eigenvalue weighted by Crippen LogP contribution is 2.24. The maximum Gasteiger partial charge on any atom is 0.160 e. The van der Waals surface area contributed by atoms with Crippen LogP contribution in [0.3, 0.4) is 0 Å². The average molecular weight is 292 g/mol. The normalized spacial score (nSPS) is 10.5. The van der Waals surface area contributed by atoms with Crippen LogP contribution in [0, 0.1) is 25.5 Å². The van der Waals surface area contributed by atoms with Crippen molar-refractivity contribution >= 4 is 17.3 Å². The minimum atomic E-state index is -0.896. The Kier molecular flexibility index (Phi) is 4.67. The number of nitrogens with zero attached hydrogens (tertiary/aromatic N) is 2. The van der Waals surface area contributed by atoms with Crippen molar-refractivity contribution in [2.75, 3.05) is 17.2 Å². The van der Waals surface area contributed by atoms with Crippen molar-refractivity contribution in [1.82, 2.24) is 9.97 Å². The van der Waals surface area contributed by atoms with Gasteiger partial charge in [-0.1, -0.05) is 6.92 Å². The Morgan fingerprint density at radius 3 is 2.43 bits per heavy atom. The van der Waals surface area contributed by atoms with Crippen LogP contribution >= 0.6 is 0 Å². The quantitative estimate of drug-likeness (QED) is 0.876. The molecule has 1 heterocycles. The molecule has 2 rings (SSSR count). The van der Waals surface area contributed by atoms with Gasteiger partial charge in [-0.15, -0.1) is 0 Å². The number of benzene rings is 1. The number of nitrogens with one attached hydrogen (secondary N) is 2. The fourth-order valence-electron chi connectivity index (χ4n) is 1.88. The van der Waals surface area contributed by atoms with Crippen LogP contribution in [0.1, 0.15) is 24.7 Å². The van der Waals surface area contributed by atoms with Gasteiger partial charge in [-0.3, -0.25) is 0 Å². The summed E-state index contributed by atoms with van der Waals surface area (Å²) in [6.45, 7) is 6.53. The Morgan fingerprint density at radius 2 is 1.76 bits per heavy atom. The first-order valence-electron chi connectivity index (χ1n) is 6.82. The van der Waals surface area contributed by atoms with Crippen molar-refractivity contribution in [3.05, 3.63) is 41.2 Å². The van der Waals surface area contributed by atoms with E-state index in [4.69, 9.17) is 0 Å². The smallest absolute Gasteiger partial charge is 0.160 e. The number of hydrogen-bond donors (Lipinski definition) is 2. The van der Waals surface area contributed by atoms with Crippen LogP contribution in [0.5, 0.6) is 0 Å². The highest BCUT2D eigenvalue weighted by Gasteiger charge is 2.10. The molecule has 0 saturated carbocycles. The summed E-state index contributed by atoms with van der Waals surface area (Å²) in [7, 11) is 0. The molecule has 0 spiro atoms. The number of hydrogen-bond acceptors (Lipinski definition) is 4. The minimum Gasteiger partial charge on any atom is -0.370 e. The maximum atomic E-state index is 13.2. The SMILES string of the molecule is CCCNc1nc(C)nc(Nc2ccc(F)c(F)c2)c1C. The molecule has 6 heteroatoms. The summed E-state index contributed by atoms with van der Waals surface area (Å²) in [6, 6.07) is 3.65. The summed E-state index contributed by atoms with van der Waals surface area (Å²) in [4.78, 5) is 8.66. The van der Waals surface area contributed by atoms with E-state index in [1.54, 1.807) is 6.92 Å². The molecule has 21 heavy (non-hydrogen) atoms. The predicted octanol–water partition coefficient (Wildman–Crippen LogP) is 3.94. The van der Waals surface area contributed by atoms with Crippen LogP contribution < -0.4 is 10.6 Å². The number of aryl methyl sites for hydroxylation is 1. The van der Waals surface area contributed by atoms with E-state index < -0.39 is 11.6 Å².